The molecule has 1 spiro atoms. The topological polar surface area (TPSA) is 128 Å². The van der Waals surface area contributed by atoms with Gasteiger partial charge < -0.3 is 14.6 Å². The number of rotatable bonds is 7. The molecule has 2 aromatic rings. The Kier molecular flexibility index (Phi) is 6.18. The summed E-state index contributed by atoms with van der Waals surface area (Å²) in [4.78, 5) is 47.0. The van der Waals surface area contributed by atoms with Gasteiger partial charge in [0, 0.05) is 18.0 Å². The van der Waals surface area contributed by atoms with Gasteiger partial charge in [-0.1, -0.05) is 32.3 Å². The van der Waals surface area contributed by atoms with Crippen LogP contribution < -0.4 is 5.32 Å². The molecule has 0 unspecified atom stereocenters. The number of pyridine rings is 1. The Morgan fingerprint density at radius 3 is 2.76 bits per heavy atom. The second-order valence-electron chi connectivity index (χ2n) is 9.43. The van der Waals surface area contributed by atoms with Crippen molar-refractivity contribution in [3.63, 3.8) is 0 Å². The van der Waals surface area contributed by atoms with Crippen molar-refractivity contribution in [1.29, 1.82) is 0 Å². The normalized spacial score (nSPS) is 23.1. The second-order valence-corrected chi connectivity index (χ2v) is 9.43. The van der Waals surface area contributed by atoms with Crippen LogP contribution in [0.25, 0.3) is 11.4 Å². The number of nitrogens with zero attached hydrogens (tertiary/aromatic N) is 4. The van der Waals surface area contributed by atoms with E-state index in [0.29, 0.717) is 30.1 Å². The average molecular weight is 456 g/mol. The number of carbonyl (C=O) groups is 3. The lowest BCUT2D eigenvalue weighted by atomic mass is 9.65. The minimum absolute atomic E-state index is 0.104. The summed E-state index contributed by atoms with van der Waals surface area (Å²) in [7, 11) is 0. The lowest BCUT2D eigenvalue weighted by Crippen LogP contribution is -2.51. The third kappa shape index (κ3) is 4.60. The Balaban J connectivity index is 1.31. The third-order valence-electron chi connectivity index (χ3n) is 7.13. The Morgan fingerprint density at radius 2 is 2.09 bits per heavy atom. The zero-order valence-electron chi connectivity index (χ0n) is 19.2. The van der Waals surface area contributed by atoms with Crippen LogP contribution in [0.3, 0.4) is 0 Å². The highest BCUT2D eigenvalue weighted by Gasteiger charge is 2.53. The van der Waals surface area contributed by atoms with Crippen molar-refractivity contribution in [3.05, 3.63) is 30.4 Å². The first-order valence-corrected chi connectivity index (χ1v) is 11.3. The summed E-state index contributed by atoms with van der Waals surface area (Å²) in [6, 6.07) is 2.97. The van der Waals surface area contributed by atoms with E-state index in [-0.39, 0.29) is 23.8 Å². The first-order valence-electron chi connectivity index (χ1n) is 11.3. The highest BCUT2D eigenvalue weighted by atomic mass is 16.6. The highest BCUT2D eigenvalue weighted by Crippen LogP contribution is 2.45. The molecule has 1 N–H and O–H groups in total. The van der Waals surface area contributed by atoms with Gasteiger partial charge in [-0.15, -0.1) is 0 Å². The maximum Gasteiger partial charge on any atom is 0.326 e. The predicted molar refractivity (Wildman–Crippen MR) is 116 cm³/mol. The van der Waals surface area contributed by atoms with Crippen LogP contribution in [0.1, 0.15) is 58.8 Å². The van der Waals surface area contributed by atoms with Gasteiger partial charge in [0.15, 0.2) is 6.61 Å². The van der Waals surface area contributed by atoms with Crippen LogP contribution in [-0.4, -0.2) is 50.0 Å². The summed E-state index contributed by atoms with van der Waals surface area (Å²) in [5, 5.41) is 6.67. The molecule has 1 aliphatic heterocycles. The number of imide groups is 1. The molecule has 1 saturated heterocycles. The molecule has 3 amide bonds. The van der Waals surface area contributed by atoms with Crippen molar-refractivity contribution in [2.45, 2.75) is 65.0 Å². The molecular weight excluding hydrogens is 426 g/mol. The second kappa shape index (κ2) is 8.92. The number of hydrogen-bond acceptors (Lipinski definition) is 8. The molecule has 4 rings (SSSR count). The molecule has 0 aromatic carbocycles. The van der Waals surface area contributed by atoms with Crippen LogP contribution in [0.5, 0.6) is 0 Å². The minimum Gasteiger partial charge on any atom is -0.454 e. The summed E-state index contributed by atoms with van der Waals surface area (Å²) in [6.45, 7) is 5.95. The number of ether oxygens (including phenoxy) is 1. The van der Waals surface area contributed by atoms with Crippen molar-refractivity contribution >= 4 is 17.9 Å². The van der Waals surface area contributed by atoms with Crippen LogP contribution in [0.2, 0.25) is 0 Å². The molecule has 33 heavy (non-hydrogen) atoms. The summed E-state index contributed by atoms with van der Waals surface area (Å²) >= 11 is 0. The monoisotopic (exact) mass is 455 g/mol. The van der Waals surface area contributed by atoms with Crippen LogP contribution in [0.15, 0.2) is 29.0 Å². The molecule has 0 radical (unpaired) electrons. The van der Waals surface area contributed by atoms with Crippen molar-refractivity contribution in [2.75, 3.05) is 6.54 Å². The smallest absolute Gasteiger partial charge is 0.326 e. The van der Waals surface area contributed by atoms with Gasteiger partial charge >= 0.3 is 12.0 Å². The van der Waals surface area contributed by atoms with Crippen molar-refractivity contribution < 1.29 is 23.6 Å². The Labute approximate surface area is 192 Å². The lowest BCUT2D eigenvalue weighted by molar-refractivity contribution is -0.149. The quantitative estimate of drug-likeness (QED) is 0.498. The van der Waals surface area contributed by atoms with E-state index in [4.69, 9.17) is 9.26 Å². The first kappa shape index (κ1) is 22.9. The zero-order chi connectivity index (χ0) is 23.6. The SMILES string of the molecule is CCC(C)(C)C1CCC2(CC1)NC(=O)N(CC(=O)OCc1nc(-c3cccnc3)no1)C2=O. The third-order valence-corrected chi connectivity index (χ3v) is 7.13. The van der Waals surface area contributed by atoms with Gasteiger partial charge in [0.2, 0.25) is 5.82 Å². The number of esters is 1. The van der Waals surface area contributed by atoms with Gasteiger partial charge in [0.25, 0.3) is 11.8 Å². The summed E-state index contributed by atoms with van der Waals surface area (Å²) < 4.78 is 10.3. The molecule has 176 valence electrons. The number of nitrogens with one attached hydrogen (secondary N) is 1. The first-order chi connectivity index (χ1) is 15.7. The van der Waals surface area contributed by atoms with E-state index in [0.717, 1.165) is 24.2 Å². The molecule has 2 fully saturated rings. The summed E-state index contributed by atoms with van der Waals surface area (Å²) in [5.41, 5.74) is -0.0499. The molecule has 2 aliphatic rings. The van der Waals surface area contributed by atoms with Gasteiger partial charge in [-0.25, -0.2) is 4.79 Å². The van der Waals surface area contributed by atoms with Gasteiger partial charge in [-0.3, -0.25) is 19.5 Å². The van der Waals surface area contributed by atoms with Crippen molar-refractivity contribution in [2.24, 2.45) is 11.3 Å². The molecule has 10 nitrogen and oxygen atoms in total. The lowest BCUT2D eigenvalue weighted by Gasteiger charge is -2.42. The van der Waals surface area contributed by atoms with E-state index in [9.17, 15) is 14.4 Å². The van der Waals surface area contributed by atoms with E-state index in [1.54, 1.807) is 24.5 Å². The molecule has 1 saturated carbocycles. The Morgan fingerprint density at radius 1 is 1.33 bits per heavy atom. The van der Waals surface area contributed by atoms with Gasteiger partial charge in [-0.05, 0) is 49.1 Å². The summed E-state index contributed by atoms with van der Waals surface area (Å²) in [5.74, 6) is -0.145. The molecule has 2 aromatic heterocycles. The fourth-order valence-corrected chi connectivity index (χ4v) is 4.58. The number of carbonyl (C=O) groups excluding carboxylic acids is 3. The van der Waals surface area contributed by atoms with E-state index < -0.39 is 24.1 Å². The molecular formula is C23H29N5O5. The Bertz CT molecular complexity index is 1030. The van der Waals surface area contributed by atoms with Crippen molar-refractivity contribution in [3.8, 4) is 11.4 Å². The minimum atomic E-state index is -0.914. The maximum atomic E-state index is 13.1. The summed E-state index contributed by atoms with van der Waals surface area (Å²) in [6.07, 6.45) is 7.16. The van der Waals surface area contributed by atoms with Gasteiger partial charge in [-0.2, -0.15) is 4.98 Å². The van der Waals surface area contributed by atoms with Gasteiger partial charge in [0.05, 0.1) is 0 Å². The molecule has 0 atom stereocenters. The van der Waals surface area contributed by atoms with Crippen LogP contribution >= 0.6 is 0 Å². The Hall–Kier alpha value is -3.30. The van der Waals surface area contributed by atoms with Gasteiger partial charge in [0.1, 0.15) is 12.1 Å². The average Bonchev–Trinajstić information content (AvgIpc) is 3.38. The van der Waals surface area contributed by atoms with Crippen LogP contribution in [-0.2, 0) is 20.9 Å². The highest BCUT2D eigenvalue weighted by molar-refractivity contribution is 6.08. The van der Waals surface area contributed by atoms with Crippen LogP contribution in [0.4, 0.5) is 4.79 Å². The molecule has 1 aliphatic carbocycles. The van der Waals surface area contributed by atoms with E-state index in [1.165, 1.54) is 0 Å². The van der Waals surface area contributed by atoms with E-state index >= 15 is 0 Å². The fraction of sp³-hybridized carbons (Fsp3) is 0.565. The van der Waals surface area contributed by atoms with E-state index in [1.807, 2.05) is 0 Å². The molecule has 3 heterocycles. The number of urea groups is 1. The number of hydrogen-bond donors (Lipinski definition) is 1. The molecule has 0 bridgehead atoms. The van der Waals surface area contributed by atoms with E-state index in [2.05, 4.69) is 41.2 Å². The van der Waals surface area contributed by atoms with Crippen LogP contribution in [0, 0.1) is 11.3 Å². The maximum absolute atomic E-state index is 13.1. The fourth-order valence-electron chi connectivity index (χ4n) is 4.58. The predicted octanol–water partition coefficient (Wildman–Crippen LogP) is 3.09. The standard InChI is InChI=1S/C23H29N5O5/c1-4-22(2,3)16-7-9-23(10-8-16)20(30)28(21(31)26-23)13-18(29)32-14-17-25-19(27-33-17)15-6-5-11-24-12-15/h5-6,11-12,16H,4,7-10,13-14H2,1-3H3,(H,26,31). The largest absolute Gasteiger partial charge is 0.454 e. The number of aromatic nitrogens is 3. The molecule has 10 heteroatoms. The van der Waals surface area contributed by atoms with Crippen molar-refractivity contribution in [1.82, 2.24) is 25.3 Å². The zero-order valence-corrected chi connectivity index (χ0v) is 19.2. The number of amides is 3.